The highest BCUT2D eigenvalue weighted by Crippen LogP contribution is 2.43. The number of allylic oxidation sites excluding steroid dienone is 14. The zero-order valence-corrected chi connectivity index (χ0v) is 46.5. The van der Waals surface area contributed by atoms with Gasteiger partial charge in [-0.2, -0.15) is 0 Å². The van der Waals surface area contributed by atoms with Crippen molar-refractivity contribution < 1.29 is 52.2 Å². The van der Waals surface area contributed by atoms with E-state index < -0.39 is 57.8 Å². The van der Waals surface area contributed by atoms with Gasteiger partial charge in [0.1, 0.15) is 12.7 Å². The van der Waals surface area contributed by atoms with Gasteiger partial charge in [0.15, 0.2) is 6.10 Å². The molecule has 11 nitrogen and oxygen atoms in total. The van der Waals surface area contributed by atoms with Gasteiger partial charge in [-0.25, -0.2) is 4.57 Å². The summed E-state index contributed by atoms with van der Waals surface area (Å²) in [6.45, 7) is 4.43. The normalized spacial score (nSPS) is 14.0. The molecule has 0 fully saturated rings. The summed E-state index contributed by atoms with van der Waals surface area (Å²) >= 11 is 0. The maximum atomic E-state index is 12.9. The number of esters is 3. The molecule has 0 saturated heterocycles. The molecule has 3 atom stereocenters. The number of hydrogen-bond acceptors (Lipinski definition) is 10. The van der Waals surface area contributed by atoms with Crippen LogP contribution in [0.5, 0.6) is 0 Å². The minimum Gasteiger partial charge on any atom is -0.462 e. The summed E-state index contributed by atoms with van der Waals surface area (Å²) in [7, 11) is -4.75. The van der Waals surface area contributed by atoms with Crippen molar-refractivity contribution in [3.63, 3.8) is 0 Å². The van der Waals surface area contributed by atoms with E-state index in [1.54, 1.807) is 0 Å². The van der Waals surface area contributed by atoms with Crippen molar-refractivity contribution in [1.82, 2.24) is 0 Å². The Balaban J connectivity index is 4.79. The molecule has 414 valence electrons. The Morgan fingerprint density at radius 2 is 0.722 bits per heavy atom. The molecule has 0 amide bonds. The number of carbonyl (C=O) groups is 3. The molecule has 0 rings (SSSR count). The largest absolute Gasteiger partial charge is 0.472 e. The van der Waals surface area contributed by atoms with Crippen molar-refractivity contribution in [3.05, 3.63) is 85.1 Å². The van der Waals surface area contributed by atoms with Crippen LogP contribution in [0.3, 0.4) is 0 Å². The molecule has 0 aromatic heterocycles. The van der Waals surface area contributed by atoms with E-state index in [4.69, 9.17) is 23.3 Å². The number of aliphatic hydroxyl groups is 1. The van der Waals surface area contributed by atoms with Crippen LogP contribution in [-0.2, 0) is 42.2 Å². The van der Waals surface area contributed by atoms with Gasteiger partial charge in [-0.3, -0.25) is 23.4 Å². The van der Waals surface area contributed by atoms with Crippen LogP contribution in [0.25, 0.3) is 0 Å². The summed E-state index contributed by atoms with van der Waals surface area (Å²) in [6.07, 6.45) is 61.2. The van der Waals surface area contributed by atoms with E-state index in [0.717, 1.165) is 109 Å². The molecule has 0 heterocycles. The van der Waals surface area contributed by atoms with Crippen LogP contribution in [0, 0.1) is 0 Å². The molecule has 3 unspecified atom stereocenters. The summed E-state index contributed by atoms with van der Waals surface area (Å²) in [6, 6.07) is 0. The molecular formula is C60H103O11P. The maximum Gasteiger partial charge on any atom is 0.472 e. The zero-order chi connectivity index (χ0) is 52.7. The molecule has 0 aliphatic rings. The van der Waals surface area contributed by atoms with Gasteiger partial charge in [0.2, 0.25) is 0 Å². The van der Waals surface area contributed by atoms with Gasteiger partial charge in [0.05, 0.1) is 19.8 Å². The van der Waals surface area contributed by atoms with Gasteiger partial charge >= 0.3 is 25.7 Å². The van der Waals surface area contributed by atoms with Crippen LogP contribution in [0.1, 0.15) is 239 Å². The predicted octanol–water partition coefficient (Wildman–Crippen LogP) is 16.7. The Bertz CT molecular complexity index is 1530. The quantitative estimate of drug-likeness (QED) is 0.0197. The first-order valence-corrected chi connectivity index (χ1v) is 30.0. The molecule has 0 aliphatic carbocycles. The number of carbonyl (C=O) groups excluding carboxylic acids is 3. The van der Waals surface area contributed by atoms with E-state index in [0.29, 0.717) is 19.3 Å². The van der Waals surface area contributed by atoms with E-state index in [1.807, 2.05) is 0 Å². The third-order valence-electron chi connectivity index (χ3n) is 11.8. The number of rotatable bonds is 52. The average Bonchev–Trinajstić information content (AvgIpc) is 3.37. The Kier molecular flexibility index (Phi) is 51.4. The molecule has 0 aliphatic heterocycles. The first kappa shape index (κ1) is 68.7. The highest BCUT2D eigenvalue weighted by molar-refractivity contribution is 7.47. The van der Waals surface area contributed by atoms with Crippen molar-refractivity contribution in [3.8, 4) is 0 Å². The summed E-state index contributed by atoms with van der Waals surface area (Å²) in [5, 5.41) is 9.77. The molecule has 0 bridgehead atoms. The minimum absolute atomic E-state index is 0.149. The topological polar surface area (TPSA) is 155 Å². The Morgan fingerprint density at radius 1 is 0.403 bits per heavy atom. The van der Waals surface area contributed by atoms with Crippen LogP contribution < -0.4 is 0 Å². The molecule has 0 aromatic rings. The highest BCUT2D eigenvalue weighted by Gasteiger charge is 2.28. The first-order valence-electron chi connectivity index (χ1n) is 28.5. The number of aliphatic hydroxyl groups excluding tert-OH is 1. The lowest BCUT2D eigenvalue weighted by atomic mass is 10.1. The second-order valence-electron chi connectivity index (χ2n) is 18.7. The van der Waals surface area contributed by atoms with E-state index in [1.165, 1.54) is 70.6 Å². The monoisotopic (exact) mass is 1030 g/mol. The number of ether oxygens (including phenoxy) is 3. The summed E-state index contributed by atoms with van der Waals surface area (Å²) in [4.78, 5) is 48.4. The van der Waals surface area contributed by atoms with Gasteiger partial charge in [-0.15, -0.1) is 0 Å². The lowest BCUT2D eigenvalue weighted by Gasteiger charge is -2.21. The second kappa shape index (κ2) is 53.9. The van der Waals surface area contributed by atoms with Crippen LogP contribution >= 0.6 is 7.82 Å². The average molecular weight is 1030 g/mol. The van der Waals surface area contributed by atoms with E-state index in [9.17, 15) is 28.9 Å². The molecule has 2 N–H and O–H groups in total. The summed E-state index contributed by atoms with van der Waals surface area (Å²) < 4.78 is 39.4. The third-order valence-corrected chi connectivity index (χ3v) is 12.8. The Hall–Kier alpha value is -3.34. The zero-order valence-electron chi connectivity index (χ0n) is 45.6. The van der Waals surface area contributed by atoms with Crippen molar-refractivity contribution in [2.75, 3.05) is 26.4 Å². The third kappa shape index (κ3) is 51.6. The highest BCUT2D eigenvalue weighted by atomic mass is 31.2. The van der Waals surface area contributed by atoms with E-state index >= 15 is 0 Å². The van der Waals surface area contributed by atoms with Crippen molar-refractivity contribution in [2.24, 2.45) is 0 Å². The van der Waals surface area contributed by atoms with Crippen LogP contribution in [0.4, 0.5) is 0 Å². The number of unbranched alkanes of at least 4 members (excludes halogenated alkanes) is 21. The molecule has 12 heteroatoms. The molecular weight excluding hydrogens is 928 g/mol. The summed E-state index contributed by atoms with van der Waals surface area (Å²) in [5.41, 5.74) is 0. The standard InChI is InChI=1S/C60H103O11P/c1-4-7-10-13-16-19-21-23-25-27-28-30-31-33-35-38-40-43-46-49-58(62)67-53-57(71-60(64)51-48-45-42-39-36-34-32-29-26-24-22-20-17-14-11-8-5-2)55-69-72(65,66)68-54-56(52-61)70-59(63)50-47-44-41-37-18-15-12-9-6-3/h7,10,16-17,19-20,23-26,28,30,33,35,56-57,61H,4-6,8-9,11-15,18,21-22,27,29,31-32,34,36-55H2,1-3H3,(H,65,66)/b10-7-,19-16-,20-17-,25-23-,26-24-,30-28-,35-33-. The molecule has 0 saturated carbocycles. The predicted molar refractivity (Wildman–Crippen MR) is 298 cm³/mol. The van der Waals surface area contributed by atoms with Crippen LogP contribution in [-0.4, -0.2) is 66.5 Å². The summed E-state index contributed by atoms with van der Waals surface area (Å²) in [5.74, 6) is -1.51. The van der Waals surface area contributed by atoms with Gasteiger partial charge < -0.3 is 24.2 Å². The first-order chi connectivity index (χ1) is 35.2. The maximum absolute atomic E-state index is 12.9. The fraction of sp³-hybridized carbons (Fsp3) is 0.717. The SMILES string of the molecule is CC/C=C\C/C=C\C/C=C\C/C=C\C/C=C\CCCCCC(=O)OCC(COP(=O)(O)OCC(CO)OC(=O)CCCCCCCCCCC)OC(=O)CCCCCCCCC/C=C\C/C=C\CCCCC. The van der Waals surface area contributed by atoms with E-state index in [2.05, 4.69) is 106 Å². The van der Waals surface area contributed by atoms with Crippen LogP contribution in [0.2, 0.25) is 0 Å². The second-order valence-corrected chi connectivity index (χ2v) is 20.2. The molecule has 0 aromatic carbocycles. The van der Waals surface area contributed by atoms with Crippen molar-refractivity contribution in [2.45, 2.75) is 251 Å². The fourth-order valence-electron chi connectivity index (χ4n) is 7.47. The Labute approximate surface area is 439 Å². The smallest absolute Gasteiger partial charge is 0.462 e. The molecule has 72 heavy (non-hydrogen) atoms. The van der Waals surface area contributed by atoms with Crippen LogP contribution in [0.15, 0.2) is 85.1 Å². The lowest BCUT2D eigenvalue weighted by Crippen LogP contribution is -2.30. The number of hydrogen-bond donors (Lipinski definition) is 2. The van der Waals surface area contributed by atoms with Crippen molar-refractivity contribution in [1.29, 1.82) is 0 Å². The van der Waals surface area contributed by atoms with Crippen molar-refractivity contribution >= 4 is 25.7 Å². The molecule has 0 radical (unpaired) electrons. The van der Waals surface area contributed by atoms with E-state index in [-0.39, 0.29) is 25.9 Å². The lowest BCUT2D eigenvalue weighted by molar-refractivity contribution is -0.161. The fourth-order valence-corrected chi connectivity index (χ4v) is 8.25. The van der Waals surface area contributed by atoms with Gasteiger partial charge in [0.25, 0.3) is 0 Å². The van der Waals surface area contributed by atoms with Gasteiger partial charge in [-0.1, -0.05) is 209 Å². The number of phosphoric acid groups is 1. The van der Waals surface area contributed by atoms with Gasteiger partial charge in [0, 0.05) is 19.3 Å². The minimum atomic E-state index is -4.75. The molecule has 0 spiro atoms. The van der Waals surface area contributed by atoms with Gasteiger partial charge in [-0.05, 0) is 96.3 Å². The number of phosphoric ester groups is 1. The Morgan fingerprint density at radius 3 is 1.15 bits per heavy atom.